The summed E-state index contributed by atoms with van der Waals surface area (Å²) in [5.74, 6) is 0.402. The van der Waals surface area contributed by atoms with E-state index in [0.29, 0.717) is 11.3 Å². The maximum Gasteiger partial charge on any atom is 0.165 e. The minimum atomic E-state index is -0.617. The molecule has 0 saturated carbocycles. The standard InChI is InChI=1S/C17H19FO3/c1-11-4-6-14(12(2)19)17(8-11)21-10-13-5-7-16(20-3)15(18)9-13/h4-9,12,19H,10H2,1-3H3. The molecule has 21 heavy (non-hydrogen) atoms. The van der Waals surface area contributed by atoms with Crippen LogP contribution in [0.2, 0.25) is 0 Å². The van der Waals surface area contributed by atoms with E-state index in [1.54, 1.807) is 19.1 Å². The van der Waals surface area contributed by atoms with Gasteiger partial charge < -0.3 is 14.6 Å². The summed E-state index contributed by atoms with van der Waals surface area (Å²) in [7, 11) is 1.43. The van der Waals surface area contributed by atoms with Crippen molar-refractivity contribution in [3.8, 4) is 11.5 Å². The van der Waals surface area contributed by atoms with E-state index in [0.717, 1.165) is 11.1 Å². The second-order valence-corrected chi connectivity index (χ2v) is 4.97. The van der Waals surface area contributed by atoms with Crippen LogP contribution < -0.4 is 9.47 Å². The molecule has 0 bridgehead atoms. The van der Waals surface area contributed by atoms with Gasteiger partial charge in [0.15, 0.2) is 11.6 Å². The molecule has 1 unspecified atom stereocenters. The Morgan fingerprint density at radius 2 is 1.90 bits per heavy atom. The summed E-state index contributed by atoms with van der Waals surface area (Å²) in [6.45, 7) is 3.86. The molecule has 2 aromatic carbocycles. The average molecular weight is 290 g/mol. The molecule has 0 aliphatic rings. The smallest absolute Gasteiger partial charge is 0.165 e. The molecular weight excluding hydrogens is 271 g/mol. The SMILES string of the molecule is COc1ccc(COc2cc(C)ccc2C(C)O)cc1F. The van der Waals surface area contributed by atoms with Gasteiger partial charge in [-0.1, -0.05) is 18.2 Å². The Hall–Kier alpha value is -2.07. The monoisotopic (exact) mass is 290 g/mol. The molecule has 1 atom stereocenters. The van der Waals surface area contributed by atoms with Crippen molar-refractivity contribution in [2.45, 2.75) is 26.6 Å². The molecule has 0 aliphatic carbocycles. The van der Waals surface area contributed by atoms with Crippen molar-refractivity contribution in [1.29, 1.82) is 0 Å². The molecule has 0 fully saturated rings. The largest absolute Gasteiger partial charge is 0.494 e. The lowest BCUT2D eigenvalue weighted by atomic mass is 10.1. The number of rotatable bonds is 5. The zero-order chi connectivity index (χ0) is 15.4. The highest BCUT2D eigenvalue weighted by molar-refractivity contribution is 5.38. The zero-order valence-corrected chi connectivity index (χ0v) is 12.4. The predicted molar refractivity (Wildman–Crippen MR) is 79.1 cm³/mol. The van der Waals surface area contributed by atoms with E-state index < -0.39 is 11.9 Å². The van der Waals surface area contributed by atoms with Crippen LogP contribution in [0.25, 0.3) is 0 Å². The van der Waals surface area contributed by atoms with Gasteiger partial charge in [-0.05, 0) is 43.2 Å². The number of aliphatic hydroxyl groups is 1. The van der Waals surface area contributed by atoms with Gasteiger partial charge in [0.25, 0.3) is 0 Å². The fraction of sp³-hybridized carbons (Fsp3) is 0.294. The molecule has 0 spiro atoms. The fourth-order valence-electron chi connectivity index (χ4n) is 2.07. The van der Waals surface area contributed by atoms with E-state index >= 15 is 0 Å². The van der Waals surface area contributed by atoms with Crippen LogP contribution in [0.5, 0.6) is 11.5 Å². The summed E-state index contributed by atoms with van der Waals surface area (Å²) < 4.78 is 24.2. The highest BCUT2D eigenvalue weighted by Crippen LogP contribution is 2.27. The number of aryl methyl sites for hydroxylation is 1. The minimum absolute atomic E-state index is 0.207. The second-order valence-electron chi connectivity index (χ2n) is 4.97. The van der Waals surface area contributed by atoms with Crippen LogP contribution in [-0.4, -0.2) is 12.2 Å². The van der Waals surface area contributed by atoms with Gasteiger partial charge >= 0.3 is 0 Å². The summed E-state index contributed by atoms with van der Waals surface area (Å²) in [5, 5.41) is 9.75. The third kappa shape index (κ3) is 3.73. The topological polar surface area (TPSA) is 38.7 Å². The molecule has 112 valence electrons. The number of aliphatic hydroxyl groups excluding tert-OH is 1. The lowest BCUT2D eigenvalue weighted by Crippen LogP contribution is -2.02. The van der Waals surface area contributed by atoms with Gasteiger partial charge in [0.1, 0.15) is 12.4 Å². The molecular formula is C17H19FO3. The number of methoxy groups -OCH3 is 1. The molecule has 3 nitrogen and oxygen atoms in total. The first-order valence-corrected chi connectivity index (χ1v) is 6.75. The number of benzene rings is 2. The number of ether oxygens (including phenoxy) is 2. The number of hydrogen-bond donors (Lipinski definition) is 1. The van der Waals surface area contributed by atoms with Crippen molar-refractivity contribution in [2.75, 3.05) is 7.11 Å². The lowest BCUT2D eigenvalue weighted by molar-refractivity contribution is 0.190. The zero-order valence-electron chi connectivity index (χ0n) is 12.4. The Bertz CT molecular complexity index is 623. The van der Waals surface area contributed by atoms with Crippen molar-refractivity contribution < 1.29 is 19.0 Å². The Morgan fingerprint density at radius 1 is 1.14 bits per heavy atom. The van der Waals surface area contributed by atoms with E-state index in [1.165, 1.54) is 13.2 Å². The maximum atomic E-state index is 13.6. The third-order valence-corrected chi connectivity index (χ3v) is 3.23. The summed E-state index contributed by atoms with van der Waals surface area (Å²) in [6, 6.07) is 10.3. The van der Waals surface area contributed by atoms with Gasteiger partial charge in [-0.25, -0.2) is 4.39 Å². The van der Waals surface area contributed by atoms with E-state index in [-0.39, 0.29) is 12.4 Å². The van der Waals surface area contributed by atoms with Crippen molar-refractivity contribution in [2.24, 2.45) is 0 Å². The minimum Gasteiger partial charge on any atom is -0.494 e. The number of hydrogen-bond acceptors (Lipinski definition) is 3. The van der Waals surface area contributed by atoms with Crippen molar-refractivity contribution in [1.82, 2.24) is 0 Å². The quantitative estimate of drug-likeness (QED) is 0.911. The number of halogens is 1. The summed E-state index contributed by atoms with van der Waals surface area (Å²) in [6.07, 6.45) is -0.617. The molecule has 4 heteroatoms. The lowest BCUT2D eigenvalue weighted by Gasteiger charge is -2.14. The maximum absolute atomic E-state index is 13.6. The van der Waals surface area contributed by atoms with Crippen LogP contribution in [-0.2, 0) is 6.61 Å². The summed E-state index contributed by atoms with van der Waals surface area (Å²) in [4.78, 5) is 0. The van der Waals surface area contributed by atoms with E-state index in [9.17, 15) is 9.50 Å². The van der Waals surface area contributed by atoms with Gasteiger partial charge in [-0.2, -0.15) is 0 Å². The van der Waals surface area contributed by atoms with E-state index in [4.69, 9.17) is 9.47 Å². The molecule has 2 rings (SSSR count). The van der Waals surface area contributed by atoms with Gasteiger partial charge in [0, 0.05) is 5.56 Å². The molecule has 0 aromatic heterocycles. The van der Waals surface area contributed by atoms with Crippen molar-refractivity contribution in [3.63, 3.8) is 0 Å². The first kappa shape index (κ1) is 15.3. The molecule has 0 radical (unpaired) electrons. The van der Waals surface area contributed by atoms with Crippen LogP contribution in [0.15, 0.2) is 36.4 Å². The first-order valence-electron chi connectivity index (χ1n) is 6.75. The summed E-state index contributed by atoms with van der Waals surface area (Å²) >= 11 is 0. The highest BCUT2D eigenvalue weighted by atomic mass is 19.1. The molecule has 0 heterocycles. The fourth-order valence-corrected chi connectivity index (χ4v) is 2.07. The molecule has 2 aromatic rings. The molecule has 0 amide bonds. The Kier molecular flexibility index (Phi) is 4.81. The predicted octanol–water partition coefficient (Wildman–Crippen LogP) is 3.78. The Morgan fingerprint density at radius 3 is 2.52 bits per heavy atom. The van der Waals surface area contributed by atoms with Crippen LogP contribution in [0.4, 0.5) is 4.39 Å². The normalized spacial score (nSPS) is 12.0. The Labute approximate surface area is 124 Å². The second kappa shape index (κ2) is 6.59. The van der Waals surface area contributed by atoms with Crippen molar-refractivity contribution in [3.05, 3.63) is 58.9 Å². The van der Waals surface area contributed by atoms with Crippen LogP contribution in [0, 0.1) is 12.7 Å². The Balaban J connectivity index is 2.16. The third-order valence-electron chi connectivity index (χ3n) is 3.23. The summed E-state index contributed by atoms with van der Waals surface area (Å²) in [5.41, 5.74) is 2.45. The first-order chi connectivity index (χ1) is 10.0. The van der Waals surface area contributed by atoms with E-state index in [1.807, 2.05) is 25.1 Å². The molecule has 1 N–H and O–H groups in total. The van der Waals surface area contributed by atoms with Gasteiger partial charge in [-0.15, -0.1) is 0 Å². The van der Waals surface area contributed by atoms with Crippen molar-refractivity contribution >= 4 is 0 Å². The van der Waals surface area contributed by atoms with Gasteiger partial charge in [0.2, 0.25) is 0 Å². The van der Waals surface area contributed by atoms with Gasteiger partial charge in [-0.3, -0.25) is 0 Å². The van der Waals surface area contributed by atoms with Crippen LogP contribution >= 0.6 is 0 Å². The molecule has 0 aliphatic heterocycles. The highest BCUT2D eigenvalue weighted by Gasteiger charge is 2.10. The van der Waals surface area contributed by atoms with Gasteiger partial charge in [0.05, 0.1) is 13.2 Å². The van der Waals surface area contributed by atoms with Crippen LogP contribution in [0.1, 0.15) is 29.7 Å². The van der Waals surface area contributed by atoms with E-state index in [2.05, 4.69) is 0 Å². The average Bonchev–Trinajstić information content (AvgIpc) is 2.45. The molecule has 0 saturated heterocycles. The van der Waals surface area contributed by atoms with Crippen LogP contribution in [0.3, 0.4) is 0 Å².